The van der Waals surface area contributed by atoms with Gasteiger partial charge in [-0.3, -0.25) is 4.79 Å². The Bertz CT molecular complexity index is 574. The van der Waals surface area contributed by atoms with Gasteiger partial charge in [-0.2, -0.15) is 0 Å². The molecule has 27 heavy (non-hydrogen) atoms. The van der Waals surface area contributed by atoms with Gasteiger partial charge in [0, 0.05) is 6.42 Å². The van der Waals surface area contributed by atoms with Crippen LogP contribution in [0.25, 0.3) is 0 Å². The Balaban J connectivity index is 1.51. The fourth-order valence-corrected chi connectivity index (χ4v) is 8.76. The molecule has 4 aliphatic rings. The molecule has 154 valence electrons. The van der Waals surface area contributed by atoms with E-state index in [4.69, 9.17) is 5.11 Å². The number of carboxylic acid groups (broad SMARTS) is 1. The fourth-order valence-electron chi connectivity index (χ4n) is 8.76. The van der Waals surface area contributed by atoms with Crippen molar-refractivity contribution in [2.45, 2.75) is 97.5 Å². The molecule has 0 aliphatic heterocycles. The molecule has 0 aromatic carbocycles. The van der Waals surface area contributed by atoms with Gasteiger partial charge in [0.25, 0.3) is 0 Å². The lowest BCUT2D eigenvalue weighted by Crippen LogP contribution is -2.54. The average molecular weight is 377 g/mol. The molecule has 0 unspecified atom stereocenters. The first-order valence-corrected chi connectivity index (χ1v) is 11.7. The Hall–Kier alpha value is -0.570. The monoisotopic (exact) mass is 376 g/mol. The molecule has 0 radical (unpaired) electrons. The van der Waals surface area contributed by atoms with Gasteiger partial charge in [0.2, 0.25) is 0 Å². The van der Waals surface area contributed by atoms with Crippen LogP contribution in [-0.2, 0) is 4.79 Å². The average Bonchev–Trinajstić information content (AvgIpc) is 2.97. The number of aliphatic hydroxyl groups is 1. The highest BCUT2D eigenvalue weighted by atomic mass is 16.4. The van der Waals surface area contributed by atoms with Crippen LogP contribution < -0.4 is 0 Å². The summed E-state index contributed by atoms with van der Waals surface area (Å²) in [5.41, 5.74) is 0.882. The van der Waals surface area contributed by atoms with Gasteiger partial charge in [0.15, 0.2) is 0 Å². The van der Waals surface area contributed by atoms with Gasteiger partial charge in [0.05, 0.1) is 6.10 Å². The number of aliphatic hydroxyl groups excluding tert-OH is 1. The second-order valence-corrected chi connectivity index (χ2v) is 11.2. The zero-order chi connectivity index (χ0) is 19.4. The van der Waals surface area contributed by atoms with Crippen LogP contribution in [0.4, 0.5) is 0 Å². The maximum absolute atomic E-state index is 11.0. The zero-order valence-electron chi connectivity index (χ0n) is 17.6. The predicted octanol–water partition coefficient (Wildman–Crippen LogP) is 5.51. The molecule has 0 aromatic heterocycles. The molecule has 4 aliphatic carbocycles. The Labute approximate surface area is 165 Å². The van der Waals surface area contributed by atoms with Gasteiger partial charge in [-0.1, -0.05) is 20.8 Å². The first-order chi connectivity index (χ1) is 12.8. The molecule has 3 nitrogen and oxygen atoms in total. The highest BCUT2D eigenvalue weighted by Crippen LogP contribution is 2.68. The highest BCUT2D eigenvalue weighted by Gasteiger charge is 2.60. The van der Waals surface area contributed by atoms with Gasteiger partial charge in [-0.25, -0.2) is 0 Å². The molecule has 0 saturated heterocycles. The molecular formula is C24H40O3. The maximum atomic E-state index is 11.0. The summed E-state index contributed by atoms with van der Waals surface area (Å²) >= 11 is 0. The van der Waals surface area contributed by atoms with Crippen LogP contribution in [0, 0.1) is 46.3 Å². The Morgan fingerprint density at radius 2 is 1.70 bits per heavy atom. The first-order valence-electron chi connectivity index (χ1n) is 11.7. The topological polar surface area (TPSA) is 57.5 Å². The molecule has 3 heteroatoms. The maximum Gasteiger partial charge on any atom is 0.303 e. The molecular weight excluding hydrogens is 336 g/mol. The minimum atomic E-state index is -0.643. The third-order valence-electron chi connectivity index (χ3n) is 10.2. The molecule has 0 amide bonds. The summed E-state index contributed by atoms with van der Waals surface area (Å²) in [5.74, 6) is 3.91. The highest BCUT2D eigenvalue weighted by molar-refractivity contribution is 5.66. The predicted molar refractivity (Wildman–Crippen MR) is 107 cm³/mol. The molecule has 4 fully saturated rings. The van der Waals surface area contributed by atoms with Crippen molar-refractivity contribution in [3.8, 4) is 0 Å². The summed E-state index contributed by atoms with van der Waals surface area (Å²) < 4.78 is 0. The van der Waals surface area contributed by atoms with Crippen LogP contribution in [-0.4, -0.2) is 22.3 Å². The van der Waals surface area contributed by atoms with Gasteiger partial charge in [-0.15, -0.1) is 0 Å². The molecule has 0 aromatic rings. The standard InChI is InChI=1S/C24H40O3/c1-15(4-9-22(26)27)19-7-8-20-18-6-5-16-14-17(25)10-12-23(16,2)21(18)11-13-24(19,20)3/h15-21,25H,4-14H2,1-3H3,(H,26,27)/t15-,16-,17-,18+,19-,20-,21+,23+,24-/m1/s1. The number of fused-ring (bicyclic) bond motifs is 5. The second kappa shape index (κ2) is 7.04. The van der Waals surface area contributed by atoms with Gasteiger partial charge >= 0.3 is 5.97 Å². The molecule has 0 bridgehead atoms. The fraction of sp³-hybridized carbons (Fsp3) is 0.958. The number of hydrogen-bond acceptors (Lipinski definition) is 2. The molecule has 0 spiro atoms. The Morgan fingerprint density at radius 3 is 2.44 bits per heavy atom. The van der Waals surface area contributed by atoms with E-state index < -0.39 is 5.97 Å². The van der Waals surface area contributed by atoms with E-state index in [-0.39, 0.29) is 6.10 Å². The first kappa shape index (κ1) is 19.7. The molecule has 0 heterocycles. The van der Waals surface area contributed by atoms with Crippen molar-refractivity contribution in [3.05, 3.63) is 0 Å². The van der Waals surface area contributed by atoms with Crippen molar-refractivity contribution in [2.24, 2.45) is 46.3 Å². The van der Waals surface area contributed by atoms with E-state index in [1.165, 1.54) is 44.9 Å². The van der Waals surface area contributed by atoms with Crippen LogP contribution in [0.3, 0.4) is 0 Å². The van der Waals surface area contributed by atoms with Gasteiger partial charge in [-0.05, 0) is 111 Å². The summed E-state index contributed by atoms with van der Waals surface area (Å²) in [6, 6.07) is 0. The number of hydrogen-bond donors (Lipinski definition) is 2. The van der Waals surface area contributed by atoms with Crippen molar-refractivity contribution in [1.82, 2.24) is 0 Å². The summed E-state index contributed by atoms with van der Waals surface area (Å²) in [5, 5.41) is 19.3. The quantitative estimate of drug-likeness (QED) is 0.680. The Kier molecular flexibility index (Phi) is 5.15. The van der Waals surface area contributed by atoms with Crippen molar-refractivity contribution in [3.63, 3.8) is 0 Å². The van der Waals surface area contributed by atoms with Crippen molar-refractivity contribution in [2.75, 3.05) is 0 Å². The normalized spacial score (nSPS) is 50.4. The third-order valence-corrected chi connectivity index (χ3v) is 10.2. The van der Waals surface area contributed by atoms with E-state index in [2.05, 4.69) is 20.8 Å². The lowest BCUT2D eigenvalue weighted by Gasteiger charge is -2.61. The molecule has 4 rings (SSSR count). The number of carbonyl (C=O) groups is 1. The van der Waals surface area contributed by atoms with Gasteiger partial charge < -0.3 is 10.2 Å². The lowest BCUT2D eigenvalue weighted by molar-refractivity contribution is -0.138. The summed E-state index contributed by atoms with van der Waals surface area (Å²) in [6.07, 6.45) is 12.4. The van der Waals surface area contributed by atoms with Crippen molar-refractivity contribution >= 4 is 5.97 Å². The third kappa shape index (κ3) is 3.16. The van der Waals surface area contributed by atoms with Crippen molar-refractivity contribution < 1.29 is 15.0 Å². The van der Waals surface area contributed by atoms with Crippen LogP contribution in [0.1, 0.15) is 91.4 Å². The SMILES string of the molecule is C[C@H](CCC(=O)O)[C@H]1CC[C@@H]2[C@@H]3CC[C@@H]4C[C@H](O)CC[C@]4(C)[C@H]3CC[C@@]21C. The summed E-state index contributed by atoms with van der Waals surface area (Å²) in [4.78, 5) is 11.0. The number of rotatable bonds is 4. The minimum Gasteiger partial charge on any atom is -0.481 e. The number of aliphatic carboxylic acids is 1. The van der Waals surface area contributed by atoms with Crippen LogP contribution in [0.5, 0.6) is 0 Å². The largest absolute Gasteiger partial charge is 0.481 e. The molecule has 4 saturated carbocycles. The molecule has 2 N–H and O–H groups in total. The smallest absolute Gasteiger partial charge is 0.303 e. The summed E-state index contributed by atoms with van der Waals surface area (Å²) in [7, 11) is 0. The minimum absolute atomic E-state index is 0.0561. The van der Waals surface area contributed by atoms with Gasteiger partial charge in [0.1, 0.15) is 0 Å². The lowest BCUT2D eigenvalue weighted by atomic mass is 9.44. The Morgan fingerprint density at radius 1 is 1.00 bits per heavy atom. The van der Waals surface area contributed by atoms with E-state index >= 15 is 0 Å². The van der Waals surface area contributed by atoms with E-state index in [0.29, 0.717) is 29.1 Å². The second-order valence-electron chi connectivity index (χ2n) is 11.2. The number of carboxylic acids is 1. The summed E-state index contributed by atoms with van der Waals surface area (Å²) in [6.45, 7) is 7.43. The zero-order valence-corrected chi connectivity index (χ0v) is 17.6. The van der Waals surface area contributed by atoms with E-state index in [1.54, 1.807) is 0 Å². The van der Waals surface area contributed by atoms with E-state index in [1.807, 2.05) is 0 Å². The van der Waals surface area contributed by atoms with E-state index in [0.717, 1.165) is 42.9 Å². The van der Waals surface area contributed by atoms with Crippen molar-refractivity contribution in [1.29, 1.82) is 0 Å². The van der Waals surface area contributed by atoms with Crippen LogP contribution >= 0.6 is 0 Å². The molecule has 9 atom stereocenters. The van der Waals surface area contributed by atoms with E-state index in [9.17, 15) is 9.90 Å². The van der Waals surface area contributed by atoms with Crippen LogP contribution in [0.2, 0.25) is 0 Å². The van der Waals surface area contributed by atoms with Crippen LogP contribution in [0.15, 0.2) is 0 Å².